The first-order valence-electron chi connectivity index (χ1n) is 13.0. The molecule has 5 rings (SSSR count). The van der Waals surface area contributed by atoms with Crippen LogP contribution in [-0.4, -0.2) is 62.3 Å². The van der Waals surface area contributed by atoms with E-state index in [0.29, 0.717) is 18.7 Å². The lowest BCUT2D eigenvalue weighted by atomic mass is 10.0. The van der Waals surface area contributed by atoms with Crippen LogP contribution in [0.3, 0.4) is 0 Å². The average Bonchev–Trinajstić information content (AvgIpc) is 3.60. The zero-order chi connectivity index (χ0) is 27.8. The number of aryl methyl sites for hydroxylation is 1. The van der Waals surface area contributed by atoms with Gasteiger partial charge in [0, 0.05) is 36.1 Å². The maximum atomic E-state index is 13.9. The molecule has 2 aliphatic heterocycles. The summed E-state index contributed by atoms with van der Waals surface area (Å²) in [7, 11) is 0. The van der Waals surface area contributed by atoms with Crippen molar-refractivity contribution in [3.05, 3.63) is 74.8 Å². The average molecular weight is 612 g/mol. The van der Waals surface area contributed by atoms with Gasteiger partial charge in [0.05, 0.1) is 22.2 Å². The SMILES string of the molecule is Cc1ncsc1-c1ccc(CNC(=O)[C@@H]2C[C@@H](O)CN2C(=O)C(C(C)C)N2Cc3ccc(Br)cc3C2=O)cc1. The highest BCUT2D eigenvalue weighted by Gasteiger charge is 2.45. The summed E-state index contributed by atoms with van der Waals surface area (Å²) in [6, 6.07) is 11.9. The fourth-order valence-electron chi connectivity index (χ4n) is 5.43. The molecule has 3 heterocycles. The van der Waals surface area contributed by atoms with Gasteiger partial charge in [0.2, 0.25) is 11.8 Å². The van der Waals surface area contributed by atoms with Gasteiger partial charge in [-0.25, -0.2) is 4.98 Å². The highest BCUT2D eigenvalue weighted by Crippen LogP contribution is 2.32. The number of aliphatic hydroxyl groups excluding tert-OH is 1. The van der Waals surface area contributed by atoms with Gasteiger partial charge < -0.3 is 20.2 Å². The Balaban J connectivity index is 1.28. The monoisotopic (exact) mass is 610 g/mol. The second kappa shape index (κ2) is 11.2. The molecule has 3 amide bonds. The molecule has 3 aromatic rings. The van der Waals surface area contributed by atoms with Crippen LogP contribution in [0.1, 0.15) is 47.4 Å². The summed E-state index contributed by atoms with van der Waals surface area (Å²) in [5.41, 5.74) is 6.26. The minimum Gasteiger partial charge on any atom is -0.391 e. The Kier molecular flexibility index (Phi) is 7.89. The van der Waals surface area contributed by atoms with Crippen LogP contribution in [0.4, 0.5) is 0 Å². The Morgan fingerprint density at radius 3 is 2.62 bits per heavy atom. The number of halogens is 1. The number of β-amino-alcohol motifs (C(OH)–C–C–N with tert-alkyl or cyclic N) is 1. The molecule has 1 aromatic heterocycles. The molecule has 0 spiro atoms. The second-order valence-electron chi connectivity index (χ2n) is 10.5. The van der Waals surface area contributed by atoms with Crippen molar-refractivity contribution in [2.45, 2.75) is 58.5 Å². The largest absolute Gasteiger partial charge is 0.391 e. The van der Waals surface area contributed by atoms with Gasteiger partial charge in [-0.15, -0.1) is 11.3 Å². The standard InChI is InChI=1S/C29H31BrN4O4S/c1-16(2)25(34-13-20-8-9-21(30)10-23(20)28(34)37)29(38)33-14-22(35)11-24(33)27(36)31-12-18-4-6-19(7-5-18)26-17(3)32-15-39-26/h4-10,15-16,22,24-25,35H,11-14H2,1-3H3,(H,31,36)/t22-,24+,25?/m1/s1. The predicted octanol–water partition coefficient (Wildman–Crippen LogP) is 4.14. The van der Waals surface area contributed by atoms with Crippen LogP contribution >= 0.6 is 27.3 Å². The van der Waals surface area contributed by atoms with E-state index in [9.17, 15) is 19.5 Å². The van der Waals surface area contributed by atoms with Gasteiger partial charge in [0.1, 0.15) is 12.1 Å². The first-order valence-corrected chi connectivity index (χ1v) is 14.7. The summed E-state index contributed by atoms with van der Waals surface area (Å²) < 4.78 is 0.802. The molecular weight excluding hydrogens is 580 g/mol. The number of nitrogens with zero attached hydrogens (tertiary/aromatic N) is 3. The van der Waals surface area contributed by atoms with Crippen molar-refractivity contribution >= 4 is 45.0 Å². The van der Waals surface area contributed by atoms with Gasteiger partial charge in [-0.1, -0.05) is 60.1 Å². The summed E-state index contributed by atoms with van der Waals surface area (Å²) >= 11 is 5.01. The van der Waals surface area contributed by atoms with Gasteiger partial charge in [-0.2, -0.15) is 0 Å². The van der Waals surface area contributed by atoms with E-state index in [2.05, 4.69) is 26.2 Å². The summed E-state index contributed by atoms with van der Waals surface area (Å²) in [5, 5.41) is 13.4. The molecule has 2 N–H and O–H groups in total. The Morgan fingerprint density at radius 1 is 1.21 bits per heavy atom. The van der Waals surface area contributed by atoms with E-state index >= 15 is 0 Å². The molecule has 8 nitrogen and oxygen atoms in total. The first-order chi connectivity index (χ1) is 18.6. The molecule has 0 aliphatic carbocycles. The molecule has 2 aliphatic rings. The van der Waals surface area contributed by atoms with Crippen LogP contribution in [0.2, 0.25) is 0 Å². The molecule has 1 fully saturated rings. The van der Waals surface area contributed by atoms with Crippen LogP contribution in [-0.2, 0) is 22.7 Å². The number of fused-ring (bicyclic) bond motifs is 1. The Bertz CT molecular complexity index is 1410. The molecule has 3 atom stereocenters. The minimum atomic E-state index is -0.804. The number of nitrogens with one attached hydrogen (secondary N) is 1. The third-order valence-corrected chi connectivity index (χ3v) is 8.89. The van der Waals surface area contributed by atoms with E-state index in [1.54, 1.807) is 22.3 Å². The van der Waals surface area contributed by atoms with Crippen molar-refractivity contribution in [3.63, 3.8) is 0 Å². The number of rotatable bonds is 7. The normalized spacial score (nSPS) is 19.5. The third-order valence-electron chi connectivity index (χ3n) is 7.42. The lowest BCUT2D eigenvalue weighted by molar-refractivity contribution is -0.143. The third kappa shape index (κ3) is 5.50. The van der Waals surface area contributed by atoms with Crippen molar-refractivity contribution in [2.75, 3.05) is 6.54 Å². The van der Waals surface area contributed by atoms with Gasteiger partial charge >= 0.3 is 0 Å². The minimum absolute atomic E-state index is 0.0591. The van der Waals surface area contributed by atoms with Crippen molar-refractivity contribution in [3.8, 4) is 10.4 Å². The second-order valence-corrected chi connectivity index (χ2v) is 12.3. The number of likely N-dealkylation sites (tertiary alicyclic amines) is 1. The Morgan fingerprint density at radius 2 is 1.95 bits per heavy atom. The van der Waals surface area contributed by atoms with Gasteiger partial charge in [0.25, 0.3) is 5.91 Å². The summed E-state index contributed by atoms with van der Waals surface area (Å²) in [6.45, 7) is 6.47. The topological polar surface area (TPSA) is 103 Å². The number of aliphatic hydroxyl groups is 1. The van der Waals surface area contributed by atoms with E-state index in [-0.39, 0.29) is 36.6 Å². The summed E-state index contributed by atoms with van der Waals surface area (Å²) in [4.78, 5) is 48.9. The summed E-state index contributed by atoms with van der Waals surface area (Å²) in [5.74, 6) is -1.01. The number of carbonyl (C=O) groups excluding carboxylic acids is 3. The smallest absolute Gasteiger partial charge is 0.255 e. The maximum absolute atomic E-state index is 13.9. The van der Waals surface area contributed by atoms with Crippen LogP contribution in [0.25, 0.3) is 10.4 Å². The molecule has 1 unspecified atom stereocenters. The molecular formula is C29H31BrN4O4S. The Hall–Kier alpha value is -3.08. The van der Waals surface area contributed by atoms with Crippen LogP contribution in [0.15, 0.2) is 52.4 Å². The molecule has 0 bridgehead atoms. The molecule has 2 aromatic carbocycles. The number of benzene rings is 2. The lowest BCUT2D eigenvalue weighted by Gasteiger charge is -2.35. The van der Waals surface area contributed by atoms with Crippen molar-refractivity contribution in [2.24, 2.45) is 5.92 Å². The Labute approximate surface area is 240 Å². The number of hydrogen-bond donors (Lipinski definition) is 2. The zero-order valence-corrected chi connectivity index (χ0v) is 24.5. The molecule has 0 saturated carbocycles. The fourth-order valence-corrected chi connectivity index (χ4v) is 6.61. The maximum Gasteiger partial charge on any atom is 0.255 e. The van der Waals surface area contributed by atoms with Crippen LogP contribution < -0.4 is 5.32 Å². The van der Waals surface area contributed by atoms with E-state index in [1.807, 2.05) is 62.7 Å². The van der Waals surface area contributed by atoms with E-state index in [1.165, 1.54) is 4.90 Å². The first kappa shape index (κ1) is 27.5. The number of amides is 3. The zero-order valence-electron chi connectivity index (χ0n) is 22.1. The van der Waals surface area contributed by atoms with Gasteiger partial charge in [0.15, 0.2) is 0 Å². The molecule has 0 radical (unpaired) electrons. The molecule has 39 heavy (non-hydrogen) atoms. The molecule has 10 heteroatoms. The van der Waals surface area contributed by atoms with Crippen LogP contribution in [0.5, 0.6) is 0 Å². The van der Waals surface area contributed by atoms with E-state index < -0.39 is 18.2 Å². The van der Waals surface area contributed by atoms with Gasteiger partial charge in [-0.05, 0) is 41.7 Å². The fraction of sp³-hybridized carbons (Fsp3) is 0.379. The van der Waals surface area contributed by atoms with E-state index in [4.69, 9.17) is 0 Å². The van der Waals surface area contributed by atoms with Crippen molar-refractivity contribution in [1.29, 1.82) is 0 Å². The lowest BCUT2D eigenvalue weighted by Crippen LogP contribution is -2.55. The quantitative estimate of drug-likeness (QED) is 0.418. The van der Waals surface area contributed by atoms with E-state index in [0.717, 1.165) is 31.7 Å². The van der Waals surface area contributed by atoms with Crippen LogP contribution in [0, 0.1) is 12.8 Å². The molecule has 1 saturated heterocycles. The number of thiazole rings is 1. The van der Waals surface area contributed by atoms with Crippen molar-refractivity contribution in [1.82, 2.24) is 20.1 Å². The number of carbonyl (C=O) groups is 3. The van der Waals surface area contributed by atoms with Gasteiger partial charge in [-0.3, -0.25) is 14.4 Å². The highest BCUT2D eigenvalue weighted by molar-refractivity contribution is 9.10. The number of hydrogen-bond acceptors (Lipinski definition) is 6. The molecule has 204 valence electrons. The van der Waals surface area contributed by atoms with Crippen molar-refractivity contribution < 1.29 is 19.5 Å². The number of aromatic nitrogens is 1. The highest BCUT2D eigenvalue weighted by atomic mass is 79.9. The summed E-state index contributed by atoms with van der Waals surface area (Å²) in [6.07, 6.45) is -0.644. The predicted molar refractivity (Wildman–Crippen MR) is 153 cm³/mol.